The smallest absolute Gasteiger partial charge is 0.319 e. The monoisotopic (exact) mass is 257 g/mol. The quantitative estimate of drug-likeness (QED) is 0.904. The van der Waals surface area contributed by atoms with Crippen LogP contribution < -0.4 is 5.73 Å². The second-order valence-electron chi connectivity index (χ2n) is 4.80. The van der Waals surface area contributed by atoms with Crippen molar-refractivity contribution in [2.75, 3.05) is 0 Å². The number of ketones is 1. The summed E-state index contributed by atoms with van der Waals surface area (Å²) in [5.41, 5.74) is 4.99. The predicted octanol–water partition coefficient (Wildman–Crippen LogP) is 2.70. The van der Waals surface area contributed by atoms with Gasteiger partial charge in [0, 0.05) is 6.42 Å². The van der Waals surface area contributed by atoms with Gasteiger partial charge in [-0.25, -0.2) is 0 Å². The van der Waals surface area contributed by atoms with Crippen LogP contribution >= 0.6 is 0 Å². The lowest BCUT2D eigenvalue weighted by Crippen LogP contribution is -2.54. The maximum Gasteiger partial charge on any atom is 0.416 e. The first-order valence-corrected chi connectivity index (χ1v) is 5.80. The maximum atomic E-state index is 12.3. The lowest BCUT2D eigenvalue weighted by Gasteiger charge is -2.36. The van der Waals surface area contributed by atoms with E-state index in [1.165, 1.54) is 12.1 Å². The van der Waals surface area contributed by atoms with Gasteiger partial charge < -0.3 is 5.73 Å². The lowest BCUT2D eigenvalue weighted by atomic mass is 9.73. The molecule has 0 spiro atoms. The number of alkyl halides is 3. The van der Waals surface area contributed by atoms with Crippen LogP contribution in [0.25, 0.3) is 0 Å². The average molecular weight is 257 g/mol. The Hall–Kier alpha value is -1.36. The van der Waals surface area contributed by atoms with E-state index in [1.807, 2.05) is 0 Å². The molecule has 5 heteroatoms. The Kier molecular flexibility index (Phi) is 3.19. The fourth-order valence-electron chi connectivity index (χ4n) is 2.01. The van der Waals surface area contributed by atoms with Gasteiger partial charge in [0.25, 0.3) is 0 Å². The highest BCUT2D eigenvalue weighted by Gasteiger charge is 2.39. The summed E-state index contributed by atoms with van der Waals surface area (Å²) in [4.78, 5) is 11.9. The van der Waals surface area contributed by atoms with Gasteiger partial charge in [0.05, 0.1) is 11.1 Å². The van der Waals surface area contributed by atoms with Gasteiger partial charge in [-0.3, -0.25) is 4.79 Å². The van der Waals surface area contributed by atoms with E-state index >= 15 is 0 Å². The van der Waals surface area contributed by atoms with Crippen molar-refractivity contribution in [3.63, 3.8) is 0 Å². The van der Waals surface area contributed by atoms with Crippen LogP contribution in [0.4, 0.5) is 13.2 Å². The van der Waals surface area contributed by atoms with Crippen LogP contribution in [0, 0.1) is 0 Å². The molecule has 2 N–H and O–H groups in total. The molecule has 1 fully saturated rings. The lowest BCUT2D eigenvalue weighted by molar-refractivity contribution is -0.137. The minimum atomic E-state index is -4.34. The Morgan fingerprint density at radius 3 is 2.17 bits per heavy atom. The van der Waals surface area contributed by atoms with Crippen LogP contribution in [0.5, 0.6) is 0 Å². The van der Waals surface area contributed by atoms with Crippen molar-refractivity contribution in [2.24, 2.45) is 5.73 Å². The van der Waals surface area contributed by atoms with Gasteiger partial charge in [0.2, 0.25) is 0 Å². The number of Topliss-reactive ketones (excluding diaryl/α,β-unsaturated/α-hetero) is 1. The molecule has 0 radical (unpaired) electrons. The molecular formula is C13H14F3NO. The third-order valence-corrected chi connectivity index (χ3v) is 3.45. The zero-order chi connectivity index (χ0) is 13.4. The Morgan fingerprint density at radius 1 is 1.22 bits per heavy atom. The van der Waals surface area contributed by atoms with Gasteiger partial charge in [-0.1, -0.05) is 12.1 Å². The Labute approximate surface area is 103 Å². The zero-order valence-corrected chi connectivity index (χ0v) is 9.76. The number of hydrogen-bond donors (Lipinski definition) is 1. The van der Waals surface area contributed by atoms with Crippen molar-refractivity contribution in [3.8, 4) is 0 Å². The molecule has 2 nitrogen and oxygen atoms in total. The number of hydrogen-bond acceptors (Lipinski definition) is 2. The molecule has 0 atom stereocenters. The number of nitrogens with two attached hydrogens (primary N) is 1. The van der Waals surface area contributed by atoms with E-state index in [0.29, 0.717) is 18.4 Å². The molecule has 1 aromatic rings. The molecule has 2 rings (SSSR count). The van der Waals surface area contributed by atoms with Crippen LogP contribution in [0.2, 0.25) is 0 Å². The van der Waals surface area contributed by atoms with Crippen LogP contribution in [0.15, 0.2) is 24.3 Å². The number of rotatable bonds is 3. The zero-order valence-electron chi connectivity index (χ0n) is 9.76. The first-order valence-electron chi connectivity index (χ1n) is 5.80. The SMILES string of the molecule is NC1(C(=O)Cc2ccc(C(F)(F)F)cc2)CCC1. The van der Waals surface area contributed by atoms with E-state index in [9.17, 15) is 18.0 Å². The Bertz CT molecular complexity index is 446. The highest BCUT2D eigenvalue weighted by Crippen LogP contribution is 2.32. The molecular weight excluding hydrogens is 243 g/mol. The summed E-state index contributed by atoms with van der Waals surface area (Å²) in [6, 6.07) is 4.66. The number of carbonyl (C=O) groups is 1. The summed E-state index contributed by atoms with van der Waals surface area (Å²) in [6.07, 6.45) is -1.95. The normalized spacial score (nSPS) is 18.2. The van der Waals surface area contributed by atoms with Crippen molar-refractivity contribution in [1.29, 1.82) is 0 Å². The molecule has 1 aliphatic rings. The van der Waals surface area contributed by atoms with Crippen molar-refractivity contribution in [2.45, 2.75) is 37.4 Å². The van der Waals surface area contributed by atoms with E-state index in [0.717, 1.165) is 18.6 Å². The van der Waals surface area contributed by atoms with Gasteiger partial charge in [-0.15, -0.1) is 0 Å². The summed E-state index contributed by atoms with van der Waals surface area (Å²) in [7, 11) is 0. The fourth-order valence-corrected chi connectivity index (χ4v) is 2.01. The number of halogens is 3. The average Bonchev–Trinajstić information content (AvgIpc) is 2.25. The summed E-state index contributed by atoms with van der Waals surface area (Å²) in [6.45, 7) is 0. The van der Waals surface area contributed by atoms with Gasteiger partial charge >= 0.3 is 6.18 Å². The highest BCUT2D eigenvalue weighted by molar-refractivity contribution is 5.90. The molecule has 1 aliphatic carbocycles. The van der Waals surface area contributed by atoms with Crippen molar-refractivity contribution < 1.29 is 18.0 Å². The van der Waals surface area contributed by atoms with Crippen molar-refractivity contribution >= 4 is 5.78 Å². The molecule has 0 heterocycles. The molecule has 0 bridgehead atoms. The Balaban J connectivity index is 2.05. The van der Waals surface area contributed by atoms with E-state index in [4.69, 9.17) is 5.73 Å². The van der Waals surface area contributed by atoms with Crippen LogP contribution in [-0.2, 0) is 17.4 Å². The summed E-state index contributed by atoms with van der Waals surface area (Å²) >= 11 is 0. The largest absolute Gasteiger partial charge is 0.416 e. The Morgan fingerprint density at radius 2 is 1.78 bits per heavy atom. The maximum absolute atomic E-state index is 12.3. The van der Waals surface area contributed by atoms with Gasteiger partial charge in [0.15, 0.2) is 5.78 Å². The van der Waals surface area contributed by atoms with Crippen LogP contribution in [-0.4, -0.2) is 11.3 Å². The number of carbonyl (C=O) groups excluding carboxylic acids is 1. The predicted molar refractivity (Wildman–Crippen MR) is 60.9 cm³/mol. The fraction of sp³-hybridized carbons (Fsp3) is 0.462. The molecule has 18 heavy (non-hydrogen) atoms. The third kappa shape index (κ3) is 2.56. The number of benzene rings is 1. The van der Waals surface area contributed by atoms with Crippen LogP contribution in [0.1, 0.15) is 30.4 Å². The van der Waals surface area contributed by atoms with E-state index in [2.05, 4.69) is 0 Å². The minimum Gasteiger partial charge on any atom is -0.319 e. The molecule has 0 aromatic heterocycles. The van der Waals surface area contributed by atoms with Crippen molar-refractivity contribution in [1.82, 2.24) is 0 Å². The standard InChI is InChI=1S/C13H14F3NO/c14-13(15,16)10-4-2-9(3-5-10)8-11(18)12(17)6-1-7-12/h2-5H,1,6-8,17H2. The molecule has 1 aromatic carbocycles. The molecule has 0 amide bonds. The molecule has 1 saturated carbocycles. The van der Waals surface area contributed by atoms with Gasteiger partial charge in [-0.2, -0.15) is 13.2 Å². The van der Waals surface area contributed by atoms with E-state index < -0.39 is 17.3 Å². The highest BCUT2D eigenvalue weighted by atomic mass is 19.4. The van der Waals surface area contributed by atoms with Gasteiger partial charge in [0.1, 0.15) is 0 Å². The van der Waals surface area contributed by atoms with E-state index in [-0.39, 0.29) is 12.2 Å². The summed E-state index contributed by atoms with van der Waals surface area (Å²) in [5.74, 6) is -0.0893. The molecule has 98 valence electrons. The topological polar surface area (TPSA) is 43.1 Å². The van der Waals surface area contributed by atoms with E-state index in [1.54, 1.807) is 0 Å². The second kappa shape index (κ2) is 4.39. The minimum absolute atomic E-state index is 0.0893. The third-order valence-electron chi connectivity index (χ3n) is 3.45. The summed E-state index contributed by atoms with van der Waals surface area (Å²) in [5, 5.41) is 0. The van der Waals surface area contributed by atoms with Gasteiger partial charge in [-0.05, 0) is 37.0 Å². The molecule has 0 aliphatic heterocycles. The first kappa shape index (κ1) is 13.1. The first-order chi connectivity index (χ1) is 8.31. The second-order valence-corrected chi connectivity index (χ2v) is 4.80. The van der Waals surface area contributed by atoms with Crippen LogP contribution in [0.3, 0.4) is 0 Å². The molecule has 0 unspecified atom stereocenters. The van der Waals surface area contributed by atoms with Crippen molar-refractivity contribution in [3.05, 3.63) is 35.4 Å². The summed E-state index contributed by atoms with van der Waals surface area (Å²) < 4.78 is 37.0. The molecule has 0 saturated heterocycles.